The first-order chi connectivity index (χ1) is 49.4. The molecule has 2 unspecified atom stereocenters. The van der Waals surface area contributed by atoms with Gasteiger partial charge in [0.1, 0.15) is 19.3 Å². The summed E-state index contributed by atoms with van der Waals surface area (Å²) in [6.45, 7) is 9.69. The molecule has 0 aliphatic carbocycles. The number of hydrogen-bond donors (Lipinski definition) is 3. The van der Waals surface area contributed by atoms with Crippen molar-refractivity contribution in [2.75, 3.05) is 39.6 Å². The van der Waals surface area contributed by atoms with Gasteiger partial charge in [-0.1, -0.05) is 388 Å². The van der Waals surface area contributed by atoms with Gasteiger partial charge in [-0.2, -0.15) is 0 Å². The molecule has 606 valence electrons. The fraction of sp³-hybridized carbons (Fsp3) is 0.952. The molecule has 0 aromatic carbocycles. The van der Waals surface area contributed by atoms with Crippen LogP contribution in [0.4, 0.5) is 0 Å². The number of carbonyl (C=O) groups is 4. The van der Waals surface area contributed by atoms with E-state index in [0.717, 1.165) is 102 Å². The summed E-state index contributed by atoms with van der Waals surface area (Å²) in [5.74, 6) is -0.518. The molecule has 5 atom stereocenters. The third-order valence-electron chi connectivity index (χ3n) is 19.5. The Morgan fingerprint density at radius 2 is 0.451 bits per heavy atom. The quantitative estimate of drug-likeness (QED) is 0.0222. The van der Waals surface area contributed by atoms with Gasteiger partial charge in [0, 0.05) is 25.7 Å². The molecule has 0 aromatic rings. The summed E-state index contributed by atoms with van der Waals surface area (Å²) in [6, 6.07) is 0. The van der Waals surface area contributed by atoms with E-state index in [1.165, 1.54) is 257 Å². The summed E-state index contributed by atoms with van der Waals surface area (Å²) in [5.41, 5.74) is 0. The molecule has 0 aliphatic rings. The topological polar surface area (TPSA) is 237 Å². The second-order valence-electron chi connectivity index (χ2n) is 30.8. The van der Waals surface area contributed by atoms with Gasteiger partial charge in [-0.3, -0.25) is 37.3 Å². The van der Waals surface area contributed by atoms with Crippen molar-refractivity contribution in [3.8, 4) is 0 Å². The summed E-state index contributed by atoms with van der Waals surface area (Å²) in [6.07, 6.45) is 65.1. The van der Waals surface area contributed by atoms with E-state index in [2.05, 4.69) is 41.5 Å². The summed E-state index contributed by atoms with van der Waals surface area (Å²) in [7, 11) is -9.92. The number of esters is 4. The Labute approximate surface area is 626 Å². The van der Waals surface area contributed by atoms with Crippen LogP contribution >= 0.6 is 15.6 Å². The Balaban J connectivity index is 5.24. The molecule has 0 radical (unpaired) electrons. The number of carbonyl (C=O) groups excluding carboxylic acids is 4. The molecule has 0 aliphatic heterocycles. The zero-order chi connectivity index (χ0) is 74.9. The molecule has 0 aromatic heterocycles. The van der Waals surface area contributed by atoms with E-state index in [1.807, 2.05) is 0 Å². The van der Waals surface area contributed by atoms with E-state index in [1.54, 1.807) is 0 Å². The molecule has 0 saturated carbocycles. The summed E-state index contributed by atoms with van der Waals surface area (Å²) < 4.78 is 68.8. The van der Waals surface area contributed by atoms with Crippen molar-refractivity contribution in [1.82, 2.24) is 0 Å². The molecule has 102 heavy (non-hydrogen) atoms. The SMILES string of the molecule is CCCCCCCCCCCCCCCCCC(=O)OC[C@H](COP(=O)(O)OC[C@@H](O)COP(=O)(O)OC[C@@H](COC(=O)CCCCCCCCCCCCCC)OC(=O)CCCCCCCCCCCCCC(C)C)OC(=O)CCCCCCCCCCCCCCCCCCCCC(C)C. The zero-order valence-electron chi connectivity index (χ0n) is 66.9. The maximum atomic E-state index is 13.1. The first-order valence-electron chi connectivity index (χ1n) is 43.0. The van der Waals surface area contributed by atoms with Crippen molar-refractivity contribution in [1.29, 1.82) is 0 Å². The number of aliphatic hydroxyl groups is 1. The standard InChI is InChI=1S/C83H162O17P2/c1-7-9-11-13-15-17-19-21-26-30-36-42-48-54-60-66-81(86)94-72-78(99-82(87)67-61-55-49-43-37-31-28-25-23-22-24-27-29-33-39-45-51-57-63-75(3)4)73-97-101(89,90)95-69-77(84)70-96-102(91,92)98-74-79(71-93-80(85)65-59-53-47-41-35-20-18-16-14-12-10-8-2)100-83(88)68-62-56-50-44-38-32-34-40-46-52-58-64-76(5)6/h75-79,84H,7-74H2,1-6H3,(H,89,90)(H,91,92)/t77-,78-,79-/m1/s1. The van der Waals surface area contributed by atoms with Gasteiger partial charge in [-0.05, 0) is 37.5 Å². The van der Waals surface area contributed by atoms with Gasteiger partial charge >= 0.3 is 39.5 Å². The third kappa shape index (κ3) is 76.3. The molecular formula is C83H162O17P2. The molecule has 0 fully saturated rings. The van der Waals surface area contributed by atoms with Crippen LogP contribution in [0.1, 0.15) is 440 Å². The first kappa shape index (κ1) is 100. The average molecular weight is 1490 g/mol. The molecule has 0 rings (SSSR count). The molecule has 17 nitrogen and oxygen atoms in total. The molecule has 0 saturated heterocycles. The molecule has 19 heteroatoms. The predicted octanol–water partition coefficient (Wildman–Crippen LogP) is 25.1. The van der Waals surface area contributed by atoms with E-state index in [9.17, 15) is 43.2 Å². The molecular weight excluding hydrogens is 1330 g/mol. The maximum absolute atomic E-state index is 13.1. The number of aliphatic hydroxyl groups excluding tert-OH is 1. The molecule has 0 spiro atoms. The van der Waals surface area contributed by atoms with E-state index in [-0.39, 0.29) is 25.7 Å². The lowest BCUT2D eigenvalue weighted by Crippen LogP contribution is -2.30. The minimum Gasteiger partial charge on any atom is -0.462 e. The van der Waals surface area contributed by atoms with Crippen LogP contribution in [0.2, 0.25) is 0 Å². The van der Waals surface area contributed by atoms with Gasteiger partial charge in [0.15, 0.2) is 12.2 Å². The largest absolute Gasteiger partial charge is 0.472 e. The molecule has 0 heterocycles. The number of hydrogen-bond acceptors (Lipinski definition) is 15. The predicted molar refractivity (Wildman–Crippen MR) is 418 cm³/mol. The molecule has 0 bridgehead atoms. The minimum absolute atomic E-state index is 0.107. The third-order valence-corrected chi connectivity index (χ3v) is 21.4. The van der Waals surface area contributed by atoms with Crippen LogP contribution in [0.15, 0.2) is 0 Å². The van der Waals surface area contributed by atoms with E-state index in [0.29, 0.717) is 25.7 Å². The van der Waals surface area contributed by atoms with E-state index < -0.39 is 97.5 Å². The van der Waals surface area contributed by atoms with Gasteiger partial charge in [0.25, 0.3) is 0 Å². The smallest absolute Gasteiger partial charge is 0.462 e. The van der Waals surface area contributed by atoms with Gasteiger partial charge in [-0.15, -0.1) is 0 Å². The number of phosphoric acid groups is 2. The highest BCUT2D eigenvalue weighted by Crippen LogP contribution is 2.45. The lowest BCUT2D eigenvalue weighted by molar-refractivity contribution is -0.161. The first-order valence-corrected chi connectivity index (χ1v) is 46.0. The van der Waals surface area contributed by atoms with Crippen LogP contribution in [-0.2, 0) is 65.4 Å². The monoisotopic (exact) mass is 1490 g/mol. The fourth-order valence-corrected chi connectivity index (χ4v) is 14.5. The fourth-order valence-electron chi connectivity index (χ4n) is 12.9. The van der Waals surface area contributed by atoms with Gasteiger partial charge < -0.3 is 33.8 Å². The van der Waals surface area contributed by atoms with Crippen molar-refractivity contribution >= 4 is 39.5 Å². The Morgan fingerprint density at radius 1 is 0.265 bits per heavy atom. The second-order valence-corrected chi connectivity index (χ2v) is 33.7. The summed E-state index contributed by atoms with van der Waals surface area (Å²) in [5, 5.41) is 10.7. The van der Waals surface area contributed by atoms with Crippen molar-refractivity contribution < 1.29 is 80.2 Å². The van der Waals surface area contributed by atoms with Gasteiger partial charge in [0.05, 0.1) is 26.4 Å². The number of unbranched alkanes of at least 4 members (excludes halogenated alkanes) is 52. The lowest BCUT2D eigenvalue weighted by Gasteiger charge is -2.21. The van der Waals surface area contributed by atoms with E-state index >= 15 is 0 Å². The summed E-state index contributed by atoms with van der Waals surface area (Å²) in [4.78, 5) is 73.1. The number of ether oxygens (including phenoxy) is 4. The van der Waals surface area contributed by atoms with Crippen LogP contribution < -0.4 is 0 Å². The maximum Gasteiger partial charge on any atom is 0.472 e. The lowest BCUT2D eigenvalue weighted by atomic mass is 10.0. The minimum atomic E-state index is -4.96. The van der Waals surface area contributed by atoms with Crippen LogP contribution in [-0.4, -0.2) is 96.7 Å². The highest BCUT2D eigenvalue weighted by atomic mass is 31.2. The van der Waals surface area contributed by atoms with E-state index in [4.69, 9.17) is 37.0 Å². The highest BCUT2D eigenvalue weighted by Gasteiger charge is 2.30. The van der Waals surface area contributed by atoms with Crippen molar-refractivity contribution in [2.24, 2.45) is 11.8 Å². The Kier molecular flexibility index (Phi) is 73.1. The Morgan fingerprint density at radius 3 is 0.667 bits per heavy atom. The zero-order valence-corrected chi connectivity index (χ0v) is 68.7. The van der Waals surface area contributed by atoms with Crippen LogP contribution in [0.25, 0.3) is 0 Å². The number of rotatable bonds is 82. The van der Waals surface area contributed by atoms with Gasteiger partial charge in [0.2, 0.25) is 0 Å². The van der Waals surface area contributed by atoms with Crippen LogP contribution in [0.3, 0.4) is 0 Å². The van der Waals surface area contributed by atoms with Crippen molar-refractivity contribution in [3.05, 3.63) is 0 Å². The summed E-state index contributed by atoms with van der Waals surface area (Å²) >= 11 is 0. The highest BCUT2D eigenvalue weighted by molar-refractivity contribution is 7.47. The molecule has 3 N–H and O–H groups in total. The normalized spacial score (nSPS) is 13.9. The van der Waals surface area contributed by atoms with Crippen molar-refractivity contribution in [2.45, 2.75) is 458 Å². The van der Waals surface area contributed by atoms with Gasteiger partial charge in [-0.25, -0.2) is 9.13 Å². The van der Waals surface area contributed by atoms with Crippen LogP contribution in [0.5, 0.6) is 0 Å². The molecule has 0 amide bonds. The Bertz CT molecular complexity index is 1960. The average Bonchev–Trinajstić information content (AvgIpc) is 0.927. The van der Waals surface area contributed by atoms with Crippen molar-refractivity contribution in [3.63, 3.8) is 0 Å². The second kappa shape index (κ2) is 74.5. The van der Waals surface area contributed by atoms with Crippen LogP contribution in [0, 0.1) is 11.8 Å². The Hall–Kier alpha value is -1.94. The number of phosphoric ester groups is 2.